The minimum atomic E-state index is -1.66. The highest BCUT2D eigenvalue weighted by atomic mass is 35.6. The Labute approximate surface area is 134 Å². The number of hydrogen-bond acceptors (Lipinski definition) is 6. The van der Waals surface area contributed by atoms with Gasteiger partial charge < -0.3 is 5.11 Å². The van der Waals surface area contributed by atoms with Gasteiger partial charge >= 0.3 is 0 Å². The molecule has 1 aromatic carbocycles. The van der Waals surface area contributed by atoms with Crippen LogP contribution in [0.4, 0.5) is 5.13 Å². The largest absolute Gasteiger partial charge is 0.507 e. The van der Waals surface area contributed by atoms with E-state index in [1.165, 1.54) is 11.2 Å². The predicted molar refractivity (Wildman–Crippen MR) is 83.2 cm³/mol. The van der Waals surface area contributed by atoms with Gasteiger partial charge in [0.05, 0.1) is 6.21 Å². The number of hydrogen-bond donors (Lipinski definition) is 1. The molecule has 20 heavy (non-hydrogen) atoms. The SMILES string of the molecule is CN(/N=C\c1ccccc1O)c1nc(C(Cl)(Cl)Cl)ns1. The van der Waals surface area contributed by atoms with Gasteiger partial charge in [0.15, 0.2) is 5.82 Å². The lowest BCUT2D eigenvalue weighted by atomic mass is 10.2. The fraction of sp³-hybridized carbons (Fsp3) is 0.182. The van der Waals surface area contributed by atoms with Crippen molar-refractivity contribution in [1.82, 2.24) is 9.36 Å². The molecule has 5 nitrogen and oxygen atoms in total. The number of aromatic hydroxyl groups is 1. The lowest BCUT2D eigenvalue weighted by Crippen LogP contribution is -2.10. The van der Waals surface area contributed by atoms with Gasteiger partial charge in [0, 0.05) is 24.1 Å². The molecule has 0 bridgehead atoms. The summed E-state index contributed by atoms with van der Waals surface area (Å²) >= 11 is 18.1. The van der Waals surface area contributed by atoms with Gasteiger partial charge in [-0.05, 0) is 12.1 Å². The van der Waals surface area contributed by atoms with Crippen molar-refractivity contribution in [1.29, 1.82) is 0 Å². The molecular weight excluding hydrogens is 343 g/mol. The van der Waals surface area contributed by atoms with Crippen LogP contribution >= 0.6 is 46.3 Å². The second kappa shape index (κ2) is 6.13. The van der Waals surface area contributed by atoms with Crippen molar-refractivity contribution in [3.05, 3.63) is 35.7 Å². The summed E-state index contributed by atoms with van der Waals surface area (Å²) in [6.45, 7) is 0. The third kappa shape index (κ3) is 3.73. The second-order valence-corrected chi connectivity index (χ2v) is 6.74. The predicted octanol–water partition coefficient (Wildman–Crippen LogP) is 3.54. The zero-order valence-electron chi connectivity index (χ0n) is 10.2. The summed E-state index contributed by atoms with van der Waals surface area (Å²) in [6.07, 6.45) is 1.51. The van der Waals surface area contributed by atoms with Gasteiger partial charge in [-0.25, -0.2) is 5.01 Å². The van der Waals surface area contributed by atoms with E-state index in [1.807, 2.05) is 0 Å². The average Bonchev–Trinajstić information content (AvgIpc) is 2.87. The molecule has 0 amide bonds. The fourth-order valence-electron chi connectivity index (χ4n) is 1.26. The molecule has 0 aliphatic carbocycles. The standard InChI is InChI=1S/C11H9Cl3N4OS/c1-18(10-16-9(17-20-10)11(12,13)14)15-6-7-4-2-3-5-8(7)19/h2-6,19H,1H3/b15-6-. The van der Waals surface area contributed by atoms with Crippen LogP contribution in [0.15, 0.2) is 29.4 Å². The maximum absolute atomic E-state index is 9.62. The van der Waals surface area contributed by atoms with Crippen LogP contribution in [0.3, 0.4) is 0 Å². The average molecular weight is 352 g/mol. The van der Waals surface area contributed by atoms with Crippen molar-refractivity contribution >= 4 is 57.7 Å². The molecule has 0 atom stereocenters. The summed E-state index contributed by atoms with van der Waals surface area (Å²) < 4.78 is 2.30. The zero-order valence-corrected chi connectivity index (χ0v) is 13.2. The number of benzene rings is 1. The number of phenols is 1. The monoisotopic (exact) mass is 350 g/mol. The molecule has 0 aliphatic rings. The third-order valence-corrected chi connectivity index (χ3v) is 3.54. The van der Waals surface area contributed by atoms with Crippen LogP contribution in [-0.4, -0.2) is 27.7 Å². The molecule has 0 unspecified atom stereocenters. The molecule has 0 saturated carbocycles. The second-order valence-electron chi connectivity index (χ2n) is 3.73. The third-order valence-electron chi connectivity index (χ3n) is 2.25. The Morgan fingerprint density at radius 1 is 1.35 bits per heavy atom. The van der Waals surface area contributed by atoms with E-state index in [2.05, 4.69) is 14.5 Å². The highest BCUT2D eigenvalue weighted by Gasteiger charge is 2.28. The van der Waals surface area contributed by atoms with Crippen molar-refractivity contribution in [2.24, 2.45) is 5.10 Å². The molecule has 9 heteroatoms. The maximum atomic E-state index is 9.62. The quantitative estimate of drug-likeness (QED) is 0.522. The van der Waals surface area contributed by atoms with Gasteiger partial charge in [-0.1, -0.05) is 46.9 Å². The molecule has 0 spiro atoms. The van der Waals surface area contributed by atoms with Crippen molar-refractivity contribution < 1.29 is 5.11 Å². The van der Waals surface area contributed by atoms with Crippen LogP contribution in [0.5, 0.6) is 5.75 Å². The first-order valence-corrected chi connectivity index (χ1v) is 7.25. The Morgan fingerprint density at radius 2 is 2.05 bits per heavy atom. The van der Waals surface area contributed by atoms with E-state index in [9.17, 15) is 5.11 Å². The molecule has 1 aromatic heterocycles. The number of nitrogens with zero attached hydrogens (tertiary/aromatic N) is 4. The first kappa shape index (κ1) is 15.3. The van der Waals surface area contributed by atoms with Crippen molar-refractivity contribution in [2.75, 3.05) is 12.1 Å². The van der Waals surface area contributed by atoms with Crippen molar-refractivity contribution in [2.45, 2.75) is 3.79 Å². The molecular formula is C11H9Cl3N4OS. The lowest BCUT2D eigenvalue weighted by molar-refractivity contribution is 0.474. The van der Waals surface area contributed by atoms with Crippen molar-refractivity contribution in [3.63, 3.8) is 0 Å². The lowest BCUT2D eigenvalue weighted by Gasteiger charge is -2.08. The molecule has 0 saturated heterocycles. The maximum Gasteiger partial charge on any atom is 0.251 e. The number of para-hydroxylation sites is 1. The highest BCUT2D eigenvalue weighted by Crippen LogP contribution is 2.37. The van der Waals surface area contributed by atoms with Gasteiger partial charge in [0.2, 0.25) is 5.13 Å². The Kier molecular flexibility index (Phi) is 4.70. The van der Waals surface area contributed by atoms with Crippen molar-refractivity contribution in [3.8, 4) is 5.75 Å². The van der Waals surface area contributed by atoms with E-state index >= 15 is 0 Å². The van der Waals surface area contributed by atoms with E-state index in [0.29, 0.717) is 10.7 Å². The van der Waals surface area contributed by atoms with Gasteiger partial charge in [-0.3, -0.25) is 0 Å². The summed E-state index contributed by atoms with van der Waals surface area (Å²) in [5.74, 6) is 0.246. The molecule has 0 radical (unpaired) electrons. The number of aromatic nitrogens is 2. The van der Waals surface area contributed by atoms with Gasteiger partial charge in [-0.15, -0.1) is 0 Å². The Balaban J connectivity index is 2.14. The van der Waals surface area contributed by atoms with Crippen LogP contribution in [-0.2, 0) is 3.79 Å². The van der Waals surface area contributed by atoms with E-state index in [-0.39, 0.29) is 11.6 Å². The molecule has 1 heterocycles. The summed E-state index contributed by atoms with van der Waals surface area (Å²) in [7, 11) is 1.68. The smallest absolute Gasteiger partial charge is 0.251 e. The number of alkyl halides is 3. The van der Waals surface area contributed by atoms with Gasteiger partial charge in [0.1, 0.15) is 5.75 Å². The fourth-order valence-corrected chi connectivity index (χ4v) is 2.30. The molecule has 0 fully saturated rings. The molecule has 0 aliphatic heterocycles. The molecule has 1 N–H and O–H groups in total. The van der Waals surface area contributed by atoms with E-state index in [4.69, 9.17) is 34.8 Å². The number of anilines is 1. The summed E-state index contributed by atoms with van der Waals surface area (Å²) in [5.41, 5.74) is 0.588. The van der Waals surface area contributed by atoms with E-state index in [1.54, 1.807) is 31.3 Å². The summed E-state index contributed by atoms with van der Waals surface area (Å²) in [5, 5.41) is 15.7. The van der Waals surface area contributed by atoms with E-state index < -0.39 is 3.79 Å². The van der Waals surface area contributed by atoms with E-state index in [0.717, 1.165) is 11.5 Å². The summed E-state index contributed by atoms with van der Waals surface area (Å²) in [4.78, 5) is 4.08. The highest BCUT2D eigenvalue weighted by molar-refractivity contribution is 7.09. The summed E-state index contributed by atoms with van der Waals surface area (Å²) in [6, 6.07) is 6.84. The van der Waals surface area contributed by atoms with Crippen LogP contribution in [0.2, 0.25) is 0 Å². The number of phenolic OH excluding ortho intramolecular Hbond substituents is 1. The molecule has 2 rings (SSSR count). The first-order valence-electron chi connectivity index (χ1n) is 5.34. The number of rotatable bonds is 3. The van der Waals surface area contributed by atoms with Crippen LogP contribution < -0.4 is 5.01 Å². The molecule has 2 aromatic rings. The van der Waals surface area contributed by atoms with Crippen LogP contribution in [0.1, 0.15) is 11.4 Å². The molecule has 106 valence electrons. The van der Waals surface area contributed by atoms with Crippen LogP contribution in [0, 0.1) is 0 Å². The van der Waals surface area contributed by atoms with Gasteiger partial charge in [-0.2, -0.15) is 14.5 Å². The normalized spacial score (nSPS) is 12.0. The first-order chi connectivity index (χ1) is 9.38. The van der Waals surface area contributed by atoms with Crippen LogP contribution in [0.25, 0.3) is 0 Å². The topological polar surface area (TPSA) is 61.6 Å². The number of halogens is 3. The minimum Gasteiger partial charge on any atom is -0.507 e. The van der Waals surface area contributed by atoms with Gasteiger partial charge in [0.25, 0.3) is 3.79 Å². The zero-order chi connectivity index (χ0) is 14.8. The number of hydrazone groups is 1. The Hall–Kier alpha value is -1.08. The minimum absolute atomic E-state index is 0.104. The Morgan fingerprint density at radius 3 is 2.65 bits per heavy atom. The Bertz CT molecular complexity index is 626.